The first-order chi connectivity index (χ1) is 15.9. The Morgan fingerprint density at radius 1 is 1.06 bits per heavy atom. The van der Waals surface area contributed by atoms with E-state index in [1.165, 1.54) is 6.07 Å². The molecule has 33 heavy (non-hydrogen) atoms. The fourth-order valence-corrected chi connectivity index (χ4v) is 5.37. The molecule has 0 radical (unpaired) electrons. The van der Waals surface area contributed by atoms with Gasteiger partial charge in [-0.2, -0.15) is 0 Å². The molecular formula is C25H23N3O4S. The van der Waals surface area contributed by atoms with Crippen molar-refractivity contribution in [2.24, 2.45) is 0 Å². The quantitative estimate of drug-likeness (QED) is 0.390. The lowest BCUT2D eigenvalue weighted by Gasteiger charge is -2.19. The molecule has 0 aliphatic carbocycles. The molecule has 5 rings (SSSR count). The molecule has 3 aromatic carbocycles. The topological polar surface area (TPSA) is 100 Å². The summed E-state index contributed by atoms with van der Waals surface area (Å²) in [5, 5.41) is 3.77. The Bertz CT molecular complexity index is 1440. The second-order valence-electron chi connectivity index (χ2n) is 8.01. The van der Waals surface area contributed by atoms with Crippen molar-refractivity contribution < 1.29 is 17.9 Å². The number of anilines is 1. The van der Waals surface area contributed by atoms with Crippen LogP contribution in [0.5, 0.6) is 5.75 Å². The van der Waals surface area contributed by atoms with E-state index in [1.54, 1.807) is 19.2 Å². The van der Waals surface area contributed by atoms with Gasteiger partial charge in [-0.15, -0.1) is 0 Å². The van der Waals surface area contributed by atoms with Gasteiger partial charge in [0.15, 0.2) is 0 Å². The third-order valence-electron chi connectivity index (χ3n) is 6.00. The highest BCUT2D eigenvalue weighted by atomic mass is 32.2. The van der Waals surface area contributed by atoms with Gasteiger partial charge < -0.3 is 15.0 Å². The van der Waals surface area contributed by atoms with E-state index in [2.05, 4.69) is 15.0 Å². The molecular weight excluding hydrogens is 438 g/mol. The zero-order chi connectivity index (χ0) is 23.0. The number of benzene rings is 3. The average Bonchev–Trinajstić information content (AvgIpc) is 3.42. The van der Waals surface area contributed by atoms with Crippen LogP contribution in [-0.2, 0) is 21.2 Å². The molecule has 4 aromatic rings. The van der Waals surface area contributed by atoms with Crippen molar-refractivity contribution >= 4 is 32.5 Å². The molecule has 0 saturated carbocycles. The normalized spacial score (nSPS) is 14.2. The molecule has 0 fully saturated rings. The minimum absolute atomic E-state index is 0.133. The molecule has 8 heteroatoms. The van der Waals surface area contributed by atoms with Crippen molar-refractivity contribution in [2.75, 3.05) is 19.0 Å². The van der Waals surface area contributed by atoms with E-state index in [-0.39, 0.29) is 29.7 Å². The van der Waals surface area contributed by atoms with Crippen molar-refractivity contribution in [3.8, 4) is 5.75 Å². The number of rotatable bonds is 7. The summed E-state index contributed by atoms with van der Waals surface area (Å²) in [5.74, 6) is 0.379. The van der Waals surface area contributed by atoms with Gasteiger partial charge in [0.05, 0.1) is 18.4 Å². The zero-order valence-electron chi connectivity index (χ0n) is 18.0. The molecule has 3 N–H and O–H groups in total. The number of ether oxygens (including phenoxy) is 1. The SMILES string of the molecule is COc1ccc([C@@H](CNS(=O)(=O)c2ccc3c(c2)CC(=O)N3)c2c[nH]c3ccccc23)cc1. The first-order valence-corrected chi connectivity index (χ1v) is 12.1. The summed E-state index contributed by atoms with van der Waals surface area (Å²) in [6.07, 6.45) is 2.11. The number of amides is 1. The molecule has 1 aromatic heterocycles. The van der Waals surface area contributed by atoms with Crippen molar-refractivity contribution in [2.45, 2.75) is 17.2 Å². The molecule has 1 atom stereocenters. The standard InChI is InChI=1S/C25H23N3O4S/c1-32-18-8-6-16(7-9-18)21(22-14-26-24-5-3-2-4-20(22)24)15-27-33(30,31)19-10-11-23-17(12-19)13-25(29)28-23/h2-12,14,21,26-27H,13,15H2,1H3,(H,28,29)/t21-/m1/s1. The van der Waals surface area contributed by atoms with Crippen LogP contribution in [0.25, 0.3) is 10.9 Å². The lowest BCUT2D eigenvalue weighted by Crippen LogP contribution is -2.29. The van der Waals surface area contributed by atoms with Gasteiger partial charge in [0.1, 0.15) is 5.75 Å². The monoisotopic (exact) mass is 461 g/mol. The molecule has 2 heterocycles. The van der Waals surface area contributed by atoms with Crippen molar-refractivity contribution in [1.82, 2.24) is 9.71 Å². The minimum atomic E-state index is -3.78. The van der Waals surface area contributed by atoms with Crippen LogP contribution < -0.4 is 14.8 Å². The third kappa shape index (κ3) is 4.10. The number of methoxy groups -OCH3 is 1. The van der Waals surface area contributed by atoms with Crippen LogP contribution in [-0.4, -0.2) is 33.0 Å². The Morgan fingerprint density at radius 3 is 2.64 bits per heavy atom. The fraction of sp³-hybridized carbons (Fsp3) is 0.160. The maximum absolute atomic E-state index is 13.1. The van der Waals surface area contributed by atoms with Crippen LogP contribution in [0.1, 0.15) is 22.6 Å². The number of aromatic amines is 1. The molecule has 1 aliphatic rings. The van der Waals surface area contributed by atoms with Crippen LogP contribution in [0.3, 0.4) is 0 Å². The molecule has 0 unspecified atom stereocenters. The van der Waals surface area contributed by atoms with Crippen LogP contribution in [0.4, 0.5) is 5.69 Å². The number of hydrogen-bond donors (Lipinski definition) is 3. The molecule has 0 bridgehead atoms. The molecule has 0 saturated heterocycles. The average molecular weight is 462 g/mol. The highest BCUT2D eigenvalue weighted by molar-refractivity contribution is 7.89. The zero-order valence-corrected chi connectivity index (χ0v) is 18.8. The maximum atomic E-state index is 13.1. The summed E-state index contributed by atoms with van der Waals surface area (Å²) in [6, 6.07) is 20.3. The summed E-state index contributed by atoms with van der Waals surface area (Å²) < 4.78 is 34.3. The number of H-pyrrole nitrogens is 1. The van der Waals surface area contributed by atoms with E-state index >= 15 is 0 Å². The van der Waals surface area contributed by atoms with Gasteiger partial charge in [0.25, 0.3) is 0 Å². The highest BCUT2D eigenvalue weighted by Crippen LogP contribution is 2.32. The molecule has 1 amide bonds. The highest BCUT2D eigenvalue weighted by Gasteiger charge is 2.24. The Hall–Kier alpha value is -3.62. The number of para-hydroxylation sites is 1. The number of fused-ring (bicyclic) bond motifs is 2. The second kappa shape index (κ2) is 8.38. The van der Waals surface area contributed by atoms with Gasteiger partial charge in [0.2, 0.25) is 15.9 Å². The van der Waals surface area contributed by atoms with Crippen LogP contribution in [0, 0.1) is 0 Å². The number of hydrogen-bond acceptors (Lipinski definition) is 4. The molecule has 168 valence electrons. The summed E-state index contributed by atoms with van der Waals surface area (Å²) in [6.45, 7) is 0.171. The summed E-state index contributed by atoms with van der Waals surface area (Å²) in [4.78, 5) is 15.1. The second-order valence-corrected chi connectivity index (χ2v) is 9.78. The lowest BCUT2D eigenvalue weighted by molar-refractivity contribution is -0.115. The Kier molecular flexibility index (Phi) is 5.39. The van der Waals surface area contributed by atoms with Crippen LogP contribution >= 0.6 is 0 Å². The fourth-order valence-electron chi connectivity index (χ4n) is 4.28. The first-order valence-electron chi connectivity index (χ1n) is 10.6. The molecule has 7 nitrogen and oxygen atoms in total. The van der Waals surface area contributed by atoms with Gasteiger partial charge in [-0.1, -0.05) is 30.3 Å². The number of carbonyl (C=O) groups is 1. The summed E-state index contributed by atoms with van der Waals surface area (Å²) >= 11 is 0. The molecule has 1 aliphatic heterocycles. The van der Waals surface area contributed by atoms with E-state index in [0.717, 1.165) is 27.8 Å². The largest absolute Gasteiger partial charge is 0.497 e. The number of nitrogens with one attached hydrogen (secondary N) is 3. The predicted molar refractivity (Wildman–Crippen MR) is 127 cm³/mol. The number of carbonyl (C=O) groups excluding carboxylic acids is 1. The van der Waals surface area contributed by atoms with E-state index in [0.29, 0.717) is 11.3 Å². The Balaban J connectivity index is 1.47. The van der Waals surface area contributed by atoms with Crippen molar-refractivity contribution in [3.05, 3.63) is 89.6 Å². The maximum Gasteiger partial charge on any atom is 0.240 e. The number of sulfonamides is 1. The minimum Gasteiger partial charge on any atom is -0.497 e. The first kappa shape index (κ1) is 21.2. The van der Waals surface area contributed by atoms with Gasteiger partial charge in [-0.3, -0.25) is 4.79 Å². The van der Waals surface area contributed by atoms with Gasteiger partial charge in [-0.05, 0) is 53.1 Å². The van der Waals surface area contributed by atoms with Gasteiger partial charge in [-0.25, -0.2) is 13.1 Å². The van der Waals surface area contributed by atoms with Crippen LogP contribution in [0.15, 0.2) is 77.8 Å². The summed E-state index contributed by atoms with van der Waals surface area (Å²) in [5.41, 5.74) is 4.30. The van der Waals surface area contributed by atoms with Gasteiger partial charge in [0, 0.05) is 35.2 Å². The summed E-state index contributed by atoms with van der Waals surface area (Å²) in [7, 11) is -2.17. The van der Waals surface area contributed by atoms with E-state index in [1.807, 2.05) is 54.7 Å². The van der Waals surface area contributed by atoms with Crippen molar-refractivity contribution in [3.63, 3.8) is 0 Å². The smallest absolute Gasteiger partial charge is 0.240 e. The predicted octanol–water partition coefficient (Wildman–Crippen LogP) is 3.78. The third-order valence-corrected chi connectivity index (χ3v) is 7.43. The van der Waals surface area contributed by atoms with E-state index in [9.17, 15) is 13.2 Å². The van der Waals surface area contributed by atoms with Crippen LogP contribution in [0.2, 0.25) is 0 Å². The number of aromatic nitrogens is 1. The van der Waals surface area contributed by atoms with Crippen molar-refractivity contribution in [1.29, 1.82) is 0 Å². The Labute approximate surface area is 191 Å². The Morgan fingerprint density at radius 2 is 1.85 bits per heavy atom. The van der Waals surface area contributed by atoms with Gasteiger partial charge >= 0.3 is 0 Å². The lowest BCUT2D eigenvalue weighted by atomic mass is 9.91. The van der Waals surface area contributed by atoms with E-state index in [4.69, 9.17) is 4.74 Å². The van der Waals surface area contributed by atoms with E-state index < -0.39 is 10.0 Å². The molecule has 0 spiro atoms.